The zero-order valence-electron chi connectivity index (χ0n) is 8.92. The number of hydrogen-bond acceptors (Lipinski definition) is 2. The summed E-state index contributed by atoms with van der Waals surface area (Å²) in [6.45, 7) is 0.843. The Hall–Kier alpha value is -0.610. The van der Waals surface area contributed by atoms with Crippen molar-refractivity contribution in [2.45, 2.75) is 18.2 Å². The first kappa shape index (κ1) is 11.9. The van der Waals surface area contributed by atoms with Crippen molar-refractivity contribution in [1.29, 1.82) is 0 Å². The quantitative estimate of drug-likeness (QED) is 0.453. The fourth-order valence-electron chi connectivity index (χ4n) is 1.42. The summed E-state index contributed by atoms with van der Waals surface area (Å²) in [4.78, 5) is 0. The average molecular weight is 289 g/mol. The van der Waals surface area contributed by atoms with Crippen molar-refractivity contribution in [2.75, 3.05) is 13.4 Å². The first-order chi connectivity index (χ1) is 7.81. The van der Waals surface area contributed by atoms with Crippen LogP contribution in [0.3, 0.4) is 0 Å². The molecule has 88 valence electrons. The zero-order chi connectivity index (χ0) is 11.4. The van der Waals surface area contributed by atoms with Gasteiger partial charge in [0.2, 0.25) is 0 Å². The van der Waals surface area contributed by atoms with Crippen LogP contribution in [0.4, 0.5) is 4.39 Å². The number of benzene rings is 1. The van der Waals surface area contributed by atoms with E-state index in [2.05, 4.69) is 15.9 Å². The molecule has 0 unspecified atom stereocenters. The standard InChI is InChI=1S/C12H14BrFO2/c13-6-10-2-1-3-11(14)12(10)16-8-15-7-9-4-5-9/h1-3,9H,4-8H2. The molecular weight excluding hydrogens is 275 g/mol. The summed E-state index contributed by atoms with van der Waals surface area (Å²) in [6, 6.07) is 4.89. The maximum atomic E-state index is 13.4. The lowest BCUT2D eigenvalue weighted by Gasteiger charge is -2.10. The fraction of sp³-hybridized carbons (Fsp3) is 0.500. The van der Waals surface area contributed by atoms with E-state index in [-0.39, 0.29) is 18.4 Å². The molecule has 0 heterocycles. The van der Waals surface area contributed by atoms with Gasteiger partial charge in [0.1, 0.15) is 0 Å². The number of ether oxygens (including phenoxy) is 2. The van der Waals surface area contributed by atoms with Crippen LogP contribution in [0.2, 0.25) is 0 Å². The summed E-state index contributed by atoms with van der Waals surface area (Å²) in [5.41, 5.74) is 0.801. The van der Waals surface area contributed by atoms with Gasteiger partial charge in [0.25, 0.3) is 0 Å². The normalized spacial score (nSPS) is 15.1. The molecule has 0 radical (unpaired) electrons. The molecule has 0 bridgehead atoms. The van der Waals surface area contributed by atoms with Crippen LogP contribution in [-0.2, 0) is 10.1 Å². The van der Waals surface area contributed by atoms with Crippen molar-refractivity contribution < 1.29 is 13.9 Å². The van der Waals surface area contributed by atoms with E-state index in [4.69, 9.17) is 9.47 Å². The molecule has 0 spiro atoms. The van der Waals surface area contributed by atoms with Crippen molar-refractivity contribution in [3.63, 3.8) is 0 Å². The van der Waals surface area contributed by atoms with Gasteiger partial charge in [0.15, 0.2) is 18.4 Å². The molecule has 1 aromatic carbocycles. The van der Waals surface area contributed by atoms with Crippen molar-refractivity contribution in [3.8, 4) is 5.75 Å². The van der Waals surface area contributed by atoms with Gasteiger partial charge in [0.05, 0.1) is 6.61 Å². The van der Waals surface area contributed by atoms with Crippen LogP contribution >= 0.6 is 15.9 Å². The highest BCUT2D eigenvalue weighted by Crippen LogP contribution is 2.29. The monoisotopic (exact) mass is 288 g/mol. The van der Waals surface area contributed by atoms with Crippen molar-refractivity contribution in [2.24, 2.45) is 5.92 Å². The minimum absolute atomic E-state index is 0.122. The predicted molar refractivity (Wildman–Crippen MR) is 63.2 cm³/mol. The number of alkyl halides is 1. The second-order valence-corrected chi connectivity index (χ2v) is 4.50. The molecule has 0 saturated heterocycles. The Bertz CT molecular complexity index is 353. The third-order valence-electron chi connectivity index (χ3n) is 2.53. The summed E-state index contributed by atoms with van der Waals surface area (Å²) in [7, 11) is 0. The molecule has 0 atom stereocenters. The van der Waals surface area contributed by atoms with Crippen LogP contribution in [0.5, 0.6) is 5.75 Å². The average Bonchev–Trinajstić information content (AvgIpc) is 3.09. The SMILES string of the molecule is Fc1cccc(CBr)c1OCOCC1CC1. The molecule has 4 heteroatoms. The summed E-state index contributed by atoms with van der Waals surface area (Å²) in [5.74, 6) is 0.641. The van der Waals surface area contributed by atoms with Crippen LogP contribution < -0.4 is 4.74 Å². The maximum Gasteiger partial charge on any atom is 0.189 e. The highest BCUT2D eigenvalue weighted by Gasteiger charge is 2.21. The van der Waals surface area contributed by atoms with E-state index in [1.54, 1.807) is 6.07 Å². The first-order valence-corrected chi connectivity index (χ1v) is 6.47. The summed E-state index contributed by atoms with van der Waals surface area (Å²) in [6.07, 6.45) is 2.48. The van der Waals surface area contributed by atoms with Gasteiger partial charge in [-0.05, 0) is 24.8 Å². The minimum Gasteiger partial charge on any atom is -0.464 e. The van der Waals surface area contributed by atoms with E-state index in [0.717, 1.165) is 12.2 Å². The molecule has 1 aromatic rings. The Labute approximate surface area is 103 Å². The van der Waals surface area contributed by atoms with Gasteiger partial charge in [-0.2, -0.15) is 0 Å². The molecule has 1 fully saturated rings. The molecule has 1 saturated carbocycles. The lowest BCUT2D eigenvalue weighted by Crippen LogP contribution is -2.07. The molecule has 2 nitrogen and oxygen atoms in total. The summed E-state index contributed by atoms with van der Waals surface area (Å²) < 4.78 is 24.1. The molecule has 0 aromatic heterocycles. The van der Waals surface area contributed by atoms with Gasteiger partial charge in [-0.1, -0.05) is 28.1 Å². The third kappa shape index (κ3) is 3.19. The Morgan fingerprint density at radius 1 is 1.38 bits per heavy atom. The number of halogens is 2. The van der Waals surface area contributed by atoms with Crippen LogP contribution in [-0.4, -0.2) is 13.4 Å². The van der Waals surface area contributed by atoms with Gasteiger partial charge < -0.3 is 9.47 Å². The molecule has 1 aliphatic rings. The lowest BCUT2D eigenvalue weighted by atomic mass is 10.2. The number of rotatable bonds is 6. The largest absolute Gasteiger partial charge is 0.464 e. The minimum atomic E-state index is -0.341. The second kappa shape index (κ2) is 5.64. The van der Waals surface area contributed by atoms with E-state index >= 15 is 0 Å². The zero-order valence-corrected chi connectivity index (χ0v) is 10.5. The van der Waals surface area contributed by atoms with Gasteiger partial charge in [-0.15, -0.1) is 0 Å². The number of para-hydroxylation sites is 1. The molecule has 1 aliphatic carbocycles. The molecule has 0 N–H and O–H groups in total. The second-order valence-electron chi connectivity index (χ2n) is 3.94. The molecule has 0 amide bonds. The van der Waals surface area contributed by atoms with E-state index in [0.29, 0.717) is 11.2 Å². The van der Waals surface area contributed by atoms with E-state index < -0.39 is 0 Å². The number of hydrogen-bond donors (Lipinski definition) is 0. The third-order valence-corrected chi connectivity index (χ3v) is 3.13. The lowest BCUT2D eigenvalue weighted by molar-refractivity contribution is 0.00751. The highest BCUT2D eigenvalue weighted by atomic mass is 79.9. The molecule has 2 rings (SSSR count). The van der Waals surface area contributed by atoms with E-state index in [9.17, 15) is 4.39 Å². The van der Waals surface area contributed by atoms with Gasteiger partial charge >= 0.3 is 0 Å². The first-order valence-electron chi connectivity index (χ1n) is 5.35. The highest BCUT2D eigenvalue weighted by molar-refractivity contribution is 9.08. The summed E-state index contributed by atoms with van der Waals surface area (Å²) in [5, 5.41) is 0.572. The van der Waals surface area contributed by atoms with Gasteiger partial charge in [0, 0.05) is 10.9 Å². The van der Waals surface area contributed by atoms with Crippen LogP contribution in [0.15, 0.2) is 18.2 Å². The van der Waals surface area contributed by atoms with Crippen LogP contribution in [0, 0.1) is 11.7 Å². The van der Waals surface area contributed by atoms with Crippen molar-refractivity contribution in [1.82, 2.24) is 0 Å². The Balaban J connectivity index is 1.86. The topological polar surface area (TPSA) is 18.5 Å². The Morgan fingerprint density at radius 3 is 2.88 bits per heavy atom. The van der Waals surface area contributed by atoms with Crippen LogP contribution in [0.25, 0.3) is 0 Å². The Kier molecular flexibility index (Phi) is 4.18. The van der Waals surface area contributed by atoms with Crippen molar-refractivity contribution >= 4 is 15.9 Å². The maximum absolute atomic E-state index is 13.4. The van der Waals surface area contributed by atoms with Crippen LogP contribution in [0.1, 0.15) is 18.4 Å². The van der Waals surface area contributed by atoms with Crippen molar-refractivity contribution in [3.05, 3.63) is 29.6 Å². The summed E-state index contributed by atoms with van der Waals surface area (Å²) >= 11 is 3.30. The molecular formula is C12H14BrFO2. The molecule has 0 aliphatic heterocycles. The van der Waals surface area contributed by atoms with E-state index in [1.807, 2.05) is 6.07 Å². The van der Waals surface area contributed by atoms with Gasteiger partial charge in [-0.3, -0.25) is 0 Å². The van der Waals surface area contributed by atoms with E-state index in [1.165, 1.54) is 18.9 Å². The smallest absolute Gasteiger partial charge is 0.189 e. The fourth-order valence-corrected chi connectivity index (χ4v) is 1.86. The Morgan fingerprint density at radius 2 is 2.19 bits per heavy atom. The predicted octanol–water partition coefficient (Wildman–Crippen LogP) is 3.48. The molecule has 16 heavy (non-hydrogen) atoms. The van der Waals surface area contributed by atoms with Gasteiger partial charge in [-0.25, -0.2) is 4.39 Å².